The first-order valence-corrected chi connectivity index (χ1v) is 6.85. The molecule has 1 aliphatic rings. The smallest absolute Gasteiger partial charge is 0.254 e. The normalized spacial score (nSPS) is 12.2. The molecule has 5 nitrogen and oxygen atoms in total. The molecule has 0 radical (unpaired) electrons. The van der Waals surface area contributed by atoms with Crippen LogP contribution >= 0.6 is 0 Å². The van der Waals surface area contributed by atoms with Crippen molar-refractivity contribution >= 4 is 5.91 Å². The lowest BCUT2D eigenvalue weighted by Gasteiger charge is -2.21. The first-order valence-electron chi connectivity index (χ1n) is 6.85. The van der Waals surface area contributed by atoms with E-state index < -0.39 is 0 Å². The molecule has 5 heteroatoms. The van der Waals surface area contributed by atoms with Crippen molar-refractivity contribution in [3.05, 3.63) is 53.9 Å². The summed E-state index contributed by atoms with van der Waals surface area (Å²) in [6, 6.07) is 9.21. The minimum atomic E-state index is -0.00225. The largest absolute Gasteiger partial charge is 0.454 e. The Hall–Kier alpha value is -2.56. The van der Waals surface area contributed by atoms with Crippen molar-refractivity contribution < 1.29 is 14.3 Å². The number of benzene rings is 1. The average molecular weight is 284 g/mol. The number of pyridine rings is 1. The zero-order valence-corrected chi connectivity index (χ0v) is 11.8. The van der Waals surface area contributed by atoms with Gasteiger partial charge in [0.15, 0.2) is 11.5 Å². The molecule has 0 saturated carbocycles. The molecule has 0 fully saturated rings. The summed E-state index contributed by atoms with van der Waals surface area (Å²) in [4.78, 5) is 18.2. The van der Waals surface area contributed by atoms with Crippen molar-refractivity contribution in [3.63, 3.8) is 0 Å². The van der Waals surface area contributed by atoms with E-state index in [-0.39, 0.29) is 12.7 Å². The molecule has 1 aliphatic heterocycles. The lowest BCUT2D eigenvalue weighted by atomic mass is 10.1. The molecular weight excluding hydrogens is 268 g/mol. The second-order valence-electron chi connectivity index (χ2n) is 4.74. The molecule has 0 N–H and O–H groups in total. The summed E-state index contributed by atoms with van der Waals surface area (Å²) in [6.07, 6.45) is 3.25. The van der Waals surface area contributed by atoms with Gasteiger partial charge in [-0.15, -0.1) is 0 Å². The van der Waals surface area contributed by atoms with Gasteiger partial charge in [0.25, 0.3) is 5.91 Å². The highest BCUT2D eigenvalue weighted by Crippen LogP contribution is 2.32. The standard InChI is InChI=1S/C16H16N2O3/c1-2-18(16(19)13-5-7-17-8-6-13)10-12-3-4-14-15(9-12)21-11-20-14/h3-9H,2,10-11H2,1H3. The van der Waals surface area contributed by atoms with E-state index in [9.17, 15) is 4.79 Å². The molecule has 1 aromatic carbocycles. The molecule has 0 saturated heterocycles. The molecule has 3 rings (SSSR count). The summed E-state index contributed by atoms with van der Waals surface area (Å²) >= 11 is 0. The molecule has 21 heavy (non-hydrogen) atoms. The third-order valence-corrected chi connectivity index (χ3v) is 3.41. The lowest BCUT2D eigenvalue weighted by molar-refractivity contribution is 0.0752. The van der Waals surface area contributed by atoms with Crippen LogP contribution in [0.1, 0.15) is 22.8 Å². The van der Waals surface area contributed by atoms with Crippen LogP contribution in [0.2, 0.25) is 0 Å². The summed E-state index contributed by atoms with van der Waals surface area (Å²) in [6.45, 7) is 3.39. The van der Waals surface area contributed by atoms with Crippen LogP contribution in [-0.4, -0.2) is 29.1 Å². The van der Waals surface area contributed by atoms with Crippen molar-refractivity contribution in [2.45, 2.75) is 13.5 Å². The fourth-order valence-corrected chi connectivity index (χ4v) is 2.26. The van der Waals surface area contributed by atoms with E-state index in [2.05, 4.69) is 4.98 Å². The highest BCUT2D eigenvalue weighted by atomic mass is 16.7. The van der Waals surface area contributed by atoms with Crippen molar-refractivity contribution in [1.82, 2.24) is 9.88 Å². The van der Waals surface area contributed by atoms with Crippen LogP contribution in [0, 0.1) is 0 Å². The van der Waals surface area contributed by atoms with Gasteiger partial charge in [0, 0.05) is 31.0 Å². The fraction of sp³-hybridized carbons (Fsp3) is 0.250. The zero-order valence-electron chi connectivity index (χ0n) is 11.8. The van der Waals surface area contributed by atoms with Crippen LogP contribution in [-0.2, 0) is 6.54 Å². The SMILES string of the molecule is CCN(Cc1ccc2c(c1)OCO2)C(=O)c1ccncc1. The van der Waals surface area contributed by atoms with Crippen LogP contribution in [0.3, 0.4) is 0 Å². The van der Waals surface area contributed by atoms with Gasteiger partial charge in [-0.2, -0.15) is 0 Å². The van der Waals surface area contributed by atoms with Crippen molar-refractivity contribution in [3.8, 4) is 11.5 Å². The Balaban J connectivity index is 1.77. The minimum absolute atomic E-state index is 0.00225. The second-order valence-corrected chi connectivity index (χ2v) is 4.74. The number of aromatic nitrogens is 1. The molecule has 2 heterocycles. The Bertz CT molecular complexity index is 643. The molecule has 1 amide bonds. The number of carbonyl (C=O) groups excluding carboxylic acids is 1. The van der Waals surface area contributed by atoms with E-state index in [1.165, 1.54) is 0 Å². The average Bonchev–Trinajstić information content (AvgIpc) is 3.00. The first-order chi connectivity index (χ1) is 10.3. The van der Waals surface area contributed by atoms with Gasteiger partial charge in [-0.05, 0) is 36.8 Å². The van der Waals surface area contributed by atoms with Crippen LogP contribution in [0.25, 0.3) is 0 Å². The van der Waals surface area contributed by atoms with E-state index in [1.54, 1.807) is 29.4 Å². The van der Waals surface area contributed by atoms with Gasteiger partial charge in [-0.3, -0.25) is 9.78 Å². The number of fused-ring (bicyclic) bond motifs is 1. The molecule has 0 unspecified atom stereocenters. The zero-order chi connectivity index (χ0) is 14.7. The monoisotopic (exact) mass is 284 g/mol. The maximum absolute atomic E-state index is 12.5. The predicted molar refractivity (Wildman–Crippen MR) is 77.2 cm³/mol. The van der Waals surface area contributed by atoms with Gasteiger partial charge >= 0.3 is 0 Å². The van der Waals surface area contributed by atoms with E-state index in [4.69, 9.17) is 9.47 Å². The minimum Gasteiger partial charge on any atom is -0.454 e. The van der Waals surface area contributed by atoms with E-state index in [1.807, 2.05) is 25.1 Å². The van der Waals surface area contributed by atoms with Crippen molar-refractivity contribution in [1.29, 1.82) is 0 Å². The first kappa shape index (κ1) is 13.4. The quantitative estimate of drug-likeness (QED) is 0.865. The van der Waals surface area contributed by atoms with E-state index in [0.29, 0.717) is 18.7 Å². The fourth-order valence-electron chi connectivity index (χ4n) is 2.26. The second kappa shape index (κ2) is 5.83. The van der Waals surface area contributed by atoms with E-state index >= 15 is 0 Å². The number of amides is 1. The number of nitrogens with zero attached hydrogens (tertiary/aromatic N) is 2. The highest BCUT2D eigenvalue weighted by Gasteiger charge is 2.17. The predicted octanol–water partition coefficient (Wildman–Crippen LogP) is 2.47. The molecular formula is C16H16N2O3. The number of carbonyl (C=O) groups is 1. The Morgan fingerprint density at radius 3 is 2.71 bits per heavy atom. The Kier molecular flexibility index (Phi) is 3.73. The third kappa shape index (κ3) is 2.81. The highest BCUT2D eigenvalue weighted by molar-refractivity contribution is 5.94. The molecule has 0 bridgehead atoms. The molecule has 1 aromatic heterocycles. The molecule has 0 spiro atoms. The van der Waals surface area contributed by atoms with Gasteiger partial charge < -0.3 is 14.4 Å². The molecule has 108 valence electrons. The summed E-state index contributed by atoms with van der Waals surface area (Å²) in [5, 5.41) is 0. The van der Waals surface area contributed by atoms with E-state index in [0.717, 1.165) is 17.1 Å². The Labute approximate surface area is 123 Å². The van der Waals surface area contributed by atoms with Crippen molar-refractivity contribution in [2.24, 2.45) is 0 Å². The Morgan fingerprint density at radius 2 is 1.95 bits per heavy atom. The molecule has 0 aliphatic carbocycles. The van der Waals surface area contributed by atoms with Gasteiger partial charge in [0.05, 0.1) is 0 Å². The number of hydrogen-bond donors (Lipinski definition) is 0. The number of rotatable bonds is 4. The van der Waals surface area contributed by atoms with Crippen LogP contribution in [0.15, 0.2) is 42.7 Å². The van der Waals surface area contributed by atoms with Crippen molar-refractivity contribution in [2.75, 3.05) is 13.3 Å². The van der Waals surface area contributed by atoms with Gasteiger partial charge in [-0.1, -0.05) is 6.07 Å². The Morgan fingerprint density at radius 1 is 1.19 bits per heavy atom. The molecule has 2 aromatic rings. The van der Waals surface area contributed by atoms with Crippen LogP contribution < -0.4 is 9.47 Å². The van der Waals surface area contributed by atoms with Gasteiger partial charge in [0.2, 0.25) is 6.79 Å². The number of ether oxygens (including phenoxy) is 2. The maximum atomic E-state index is 12.5. The summed E-state index contributed by atoms with van der Waals surface area (Å²) in [5.41, 5.74) is 1.66. The third-order valence-electron chi connectivity index (χ3n) is 3.41. The topological polar surface area (TPSA) is 51.7 Å². The van der Waals surface area contributed by atoms with Gasteiger partial charge in [0.1, 0.15) is 0 Å². The molecule has 0 atom stereocenters. The van der Waals surface area contributed by atoms with Crippen LogP contribution in [0.4, 0.5) is 0 Å². The summed E-state index contributed by atoms with van der Waals surface area (Å²) in [7, 11) is 0. The maximum Gasteiger partial charge on any atom is 0.254 e. The van der Waals surface area contributed by atoms with Crippen LogP contribution in [0.5, 0.6) is 11.5 Å². The summed E-state index contributed by atoms with van der Waals surface area (Å²) < 4.78 is 10.7. The lowest BCUT2D eigenvalue weighted by Crippen LogP contribution is -2.30. The van der Waals surface area contributed by atoms with Gasteiger partial charge in [-0.25, -0.2) is 0 Å². The summed E-state index contributed by atoms with van der Waals surface area (Å²) in [5.74, 6) is 1.49. The number of hydrogen-bond acceptors (Lipinski definition) is 4.